The molecule has 8 nitrogen and oxygen atoms in total. The van der Waals surface area contributed by atoms with Crippen molar-refractivity contribution in [3.05, 3.63) is 72.6 Å². The molecule has 0 fully saturated rings. The highest BCUT2D eigenvalue weighted by Crippen LogP contribution is 2.32. The topological polar surface area (TPSA) is 108 Å². The molecule has 6 rings (SSSR count). The van der Waals surface area contributed by atoms with Gasteiger partial charge in [-0.2, -0.15) is 5.10 Å². The van der Waals surface area contributed by atoms with Crippen LogP contribution in [0.2, 0.25) is 0 Å². The molecule has 0 radical (unpaired) electrons. The Labute approximate surface area is 206 Å². The molecule has 9 heteroatoms. The summed E-state index contributed by atoms with van der Waals surface area (Å²) in [5.41, 5.74) is 7.63. The molecule has 0 unspecified atom stereocenters. The normalized spacial score (nSPS) is 11.6. The van der Waals surface area contributed by atoms with E-state index in [2.05, 4.69) is 55.4 Å². The number of aromatic amines is 2. The summed E-state index contributed by atoms with van der Waals surface area (Å²) in [6.07, 6.45) is 7.11. The summed E-state index contributed by atoms with van der Waals surface area (Å²) in [4.78, 5) is 21.6. The molecule has 0 aliphatic heterocycles. The Balaban J connectivity index is 1.45. The number of hydrogen-bond donors (Lipinski definition) is 3. The Morgan fingerprint density at radius 3 is 2.61 bits per heavy atom. The van der Waals surface area contributed by atoms with Crippen LogP contribution < -0.4 is 5.32 Å². The van der Waals surface area contributed by atoms with Gasteiger partial charge in [0.1, 0.15) is 17.0 Å². The fraction of sp³-hybridized carbons (Fsp3) is 0.148. The second-order valence-corrected chi connectivity index (χ2v) is 9.11. The number of aryl methyl sites for hydroxylation is 1. The minimum Gasteiger partial charge on any atom is -0.382 e. The van der Waals surface area contributed by atoms with Crippen molar-refractivity contribution < 1.29 is 4.39 Å². The van der Waals surface area contributed by atoms with Crippen molar-refractivity contribution in [3.8, 4) is 33.9 Å². The molecule has 0 aliphatic rings. The highest BCUT2D eigenvalue weighted by atomic mass is 19.1. The molecular formula is C27H23FN8. The summed E-state index contributed by atoms with van der Waals surface area (Å²) in [6, 6.07) is 11.1. The number of benzene rings is 1. The second kappa shape index (κ2) is 8.53. The predicted octanol–water partition coefficient (Wildman–Crippen LogP) is 5.89. The van der Waals surface area contributed by atoms with Crippen LogP contribution in [0.25, 0.3) is 56.0 Å². The van der Waals surface area contributed by atoms with Crippen molar-refractivity contribution in [2.75, 3.05) is 5.32 Å². The molecule has 1 aromatic carbocycles. The number of aromatic nitrogens is 7. The van der Waals surface area contributed by atoms with Crippen LogP contribution in [0, 0.1) is 12.7 Å². The van der Waals surface area contributed by atoms with E-state index in [0.29, 0.717) is 40.0 Å². The molecule has 0 amide bonds. The van der Waals surface area contributed by atoms with Crippen molar-refractivity contribution in [3.63, 3.8) is 0 Å². The van der Waals surface area contributed by atoms with Crippen LogP contribution in [0.15, 0.2) is 61.2 Å². The summed E-state index contributed by atoms with van der Waals surface area (Å²) in [5, 5.41) is 11.7. The zero-order chi connectivity index (χ0) is 24.8. The first-order valence-corrected chi connectivity index (χ1v) is 11.6. The van der Waals surface area contributed by atoms with Crippen LogP contribution in [0.3, 0.4) is 0 Å². The summed E-state index contributed by atoms with van der Waals surface area (Å²) in [6.45, 7) is 6.02. The first-order valence-electron chi connectivity index (χ1n) is 11.6. The van der Waals surface area contributed by atoms with E-state index in [1.807, 2.05) is 31.3 Å². The quantitative estimate of drug-likeness (QED) is 0.285. The van der Waals surface area contributed by atoms with Gasteiger partial charge in [0.05, 0.1) is 22.3 Å². The van der Waals surface area contributed by atoms with Crippen LogP contribution in [0.4, 0.5) is 10.1 Å². The number of fused-ring (bicyclic) bond motifs is 2. The first kappa shape index (κ1) is 21.8. The van der Waals surface area contributed by atoms with Gasteiger partial charge in [0, 0.05) is 47.5 Å². The van der Waals surface area contributed by atoms with Gasteiger partial charge in [-0.25, -0.2) is 14.4 Å². The largest absolute Gasteiger partial charge is 0.382 e. The van der Waals surface area contributed by atoms with Gasteiger partial charge in [0.25, 0.3) is 0 Å². The van der Waals surface area contributed by atoms with Crippen molar-refractivity contribution in [1.29, 1.82) is 0 Å². The molecule has 0 aliphatic carbocycles. The SMILES string of the molecule is Cc1cc(F)cc(-c2nccc3[nH]c(-c4n[nH]c5ncc(-c6cncc(NC(C)C)c6)cc45)nc23)c1. The van der Waals surface area contributed by atoms with Gasteiger partial charge < -0.3 is 10.3 Å². The monoisotopic (exact) mass is 478 g/mol. The highest BCUT2D eigenvalue weighted by molar-refractivity contribution is 5.96. The maximum absolute atomic E-state index is 14.1. The van der Waals surface area contributed by atoms with Crippen molar-refractivity contribution in [1.82, 2.24) is 35.1 Å². The van der Waals surface area contributed by atoms with E-state index in [1.54, 1.807) is 18.6 Å². The molecule has 36 heavy (non-hydrogen) atoms. The van der Waals surface area contributed by atoms with E-state index in [-0.39, 0.29) is 5.82 Å². The lowest BCUT2D eigenvalue weighted by atomic mass is 10.1. The lowest BCUT2D eigenvalue weighted by molar-refractivity contribution is 0.627. The number of H-pyrrole nitrogens is 2. The lowest BCUT2D eigenvalue weighted by Gasteiger charge is -2.10. The minimum atomic E-state index is -0.307. The molecular weight excluding hydrogens is 455 g/mol. The van der Waals surface area contributed by atoms with Gasteiger partial charge in [-0.3, -0.25) is 15.1 Å². The third-order valence-corrected chi connectivity index (χ3v) is 5.88. The molecule has 0 spiro atoms. The number of rotatable bonds is 5. The minimum absolute atomic E-state index is 0.298. The third kappa shape index (κ3) is 3.94. The van der Waals surface area contributed by atoms with E-state index in [1.165, 1.54) is 12.1 Å². The summed E-state index contributed by atoms with van der Waals surface area (Å²) in [7, 11) is 0. The number of imidazole rings is 1. The number of nitrogens with one attached hydrogen (secondary N) is 3. The van der Waals surface area contributed by atoms with E-state index in [0.717, 1.165) is 33.3 Å². The number of pyridine rings is 3. The Morgan fingerprint density at radius 1 is 0.917 bits per heavy atom. The zero-order valence-corrected chi connectivity index (χ0v) is 20.0. The standard InChI is InChI=1S/C27H23FN8/c1-14(2)32-20-9-17(11-29-13-20)18-10-21-24(35-36-26(21)31-12-18)27-33-22-4-5-30-23(25(22)34-27)16-6-15(3)7-19(28)8-16/h4-14,32H,1-3H3,(H,33,34)(H,31,35,36). The lowest BCUT2D eigenvalue weighted by Crippen LogP contribution is -2.09. The second-order valence-electron chi connectivity index (χ2n) is 9.11. The Bertz CT molecular complexity index is 1710. The molecule has 6 aromatic rings. The molecule has 5 heterocycles. The molecule has 178 valence electrons. The molecule has 0 atom stereocenters. The molecule has 0 saturated heterocycles. The van der Waals surface area contributed by atoms with Crippen LogP contribution in [0.5, 0.6) is 0 Å². The number of nitrogens with zero attached hydrogens (tertiary/aromatic N) is 5. The van der Waals surface area contributed by atoms with E-state index < -0.39 is 0 Å². The fourth-order valence-electron chi connectivity index (χ4n) is 4.38. The Kier molecular flexibility index (Phi) is 5.18. The summed E-state index contributed by atoms with van der Waals surface area (Å²) in [5.74, 6) is 0.268. The molecule has 3 N–H and O–H groups in total. The molecule has 0 bridgehead atoms. The van der Waals surface area contributed by atoms with Crippen molar-refractivity contribution >= 4 is 27.8 Å². The first-order chi connectivity index (χ1) is 17.4. The highest BCUT2D eigenvalue weighted by Gasteiger charge is 2.17. The third-order valence-electron chi connectivity index (χ3n) is 5.88. The van der Waals surface area contributed by atoms with Gasteiger partial charge in [-0.15, -0.1) is 0 Å². The number of halogens is 1. The van der Waals surface area contributed by atoms with Crippen LogP contribution in [-0.4, -0.2) is 41.2 Å². The van der Waals surface area contributed by atoms with Crippen molar-refractivity contribution in [2.24, 2.45) is 0 Å². The van der Waals surface area contributed by atoms with Crippen LogP contribution in [-0.2, 0) is 0 Å². The van der Waals surface area contributed by atoms with E-state index in [4.69, 9.17) is 4.98 Å². The molecule has 5 aromatic heterocycles. The molecule has 0 saturated carbocycles. The Hall–Kier alpha value is -4.66. The zero-order valence-electron chi connectivity index (χ0n) is 20.0. The van der Waals surface area contributed by atoms with Crippen LogP contribution >= 0.6 is 0 Å². The smallest absolute Gasteiger partial charge is 0.159 e. The van der Waals surface area contributed by atoms with Gasteiger partial charge in [-0.1, -0.05) is 0 Å². The average molecular weight is 479 g/mol. The predicted molar refractivity (Wildman–Crippen MR) is 139 cm³/mol. The fourth-order valence-corrected chi connectivity index (χ4v) is 4.38. The summed E-state index contributed by atoms with van der Waals surface area (Å²) >= 11 is 0. The Morgan fingerprint density at radius 2 is 1.78 bits per heavy atom. The van der Waals surface area contributed by atoms with Gasteiger partial charge >= 0.3 is 0 Å². The number of hydrogen-bond acceptors (Lipinski definition) is 6. The maximum atomic E-state index is 14.1. The number of anilines is 1. The average Bonchev–Trinajstić information content (AvgIpc) is 3.46. The van der Waals surface area contributed by atoms with E-state index >= 15 is 0 Å². The van der Waals surface area contributed by atoms with Gasteiger partial charge in [-0.05, 0) is 62.7 Å². The van der Waals surface area contributed by atoms with E-state index in [9.17, 15) is 4.39 Å². The van der Waals surface area contributed by atoms with Gasteiger partial charge in [0.15, 0.2) is 11.5 Å². The van der Waals surface area contributed by atoms with Crippen LogP contribution in [0.1, 0.15) is 19.4 Å². The summed E-state index contributed by atoms with van der Waals surface area (Å²) < 4.78 is 14.1. The van der Waals surface area contributed by atoms with Gasteiger partial charge in [0.2, 0.25) is 0 Å². The van der Waals surface area contributed by atoms with Crippen molar-refractivity contribution in [2.45, 2.75) is 26.8 Å². The maximum Gasteiger partial charge on any atom is 0.159 e.